The van der Waals surface area contributed by atoms with E-state index in [1.165, 1.54) is 0 Å². The lowest BCUT2D eigenvalue weighted by atomic mass is 9.86. The minimum absolute atomic E-state index is 0.0208. The molecule has 2 N–H and O–H groups in total. The lowest BCUT2D eigenvalue weighted by Crippen LogP contribution is -2.42. The van der Waals surface area contributed by atoms with Gasteiger partial charge in [0.1, 0.15) is 0 Å². The third kappa shape index (κ3) is 4.56. The number of carbonyl (C=O) groups is 2. The lowest BCUT2D eigenvalue weighted by molar-refractivity contribution is -0.130. The molecule has 2 atom stereocenters. The Morgan fingerprint density at radius 2 is 1.91 bits per heavy atom. The summed E-state index contributed by atoms with van der Waals surface area (Å²) in [5.74, 6) is -0.241. The molecule has 5 heteroatoms. The first-order valence-corrected chi connectivity index (χ1v) is 7.83. The molecular weight excluding hydrogens is 280 g/mol. The van der Waals surface area contributed by atoms with Crippen LogP contribution in [0.1, 0.15) is 36.0 Å². The molecule has 0 bridgehead atoms. The van der Waals surface area contributed by atoms with Crippen LogP contribution in [0.2, 0.25) is 0 Å². The minimum Gasteiger partial charge on any atom is -0.393 e. The summed E-state index contributed by atoms with van der Waals surface area (Å²) in [5.41, 5.74) is 0.542. The molecule has 120 valence electrons. The van der Waals surface area contributed by atoms with Crippen molar-refractivity contribution in [3.05, 3.63) is 35.9 Å². The number of aliphatic hydroxyl groups is 1. The Morgan fingerprint density at radius 3 is 2.59 bits per heavy atom. The summed E-state index contributed by atoms with van der Waals surface area (Å²) in [6, 6.07) is 8.83. The van der Waals surface area contributed by atoms with Crippen LogP contribution >= 0.6 is 0 Å². The van der Waals surface area contributed by atoms with Crippen LogP contribution in [0.4, 0.5) is 0 Å². The average Bonchev–Trinajstić information content (AvgIpc) is 2.55. The van der Waals surface area contributed by atoms with Crippen LogP contribution in [0.15, 0.2) is 30.3 Å². The van der Waals surface area contributed by atoms with Gasteiger partial charge in [0.25, 0.3) is 5.91 Å². The Morgan fingerprint density at radius 1 is 1.23 bits per heavy atom. The largest absolute Gasteiger partial charge is 0.393 e. The van der Waals surface area contributed by atoms with Crippen molar-refractivity contribution in [1.29, 1.82) is 0 Å². The summed E-state index contributed by atoms with van der Waals surface area (Å²) in [5, 5.41) is 12.6. The molecule has 2 rings (SSSR count). The minimum atomic E-state index is -0.317. The van der Waals surface area contributed by atoms with E-state index < -0.39 is 0 Å². The van der Waals surface area contributed by atoms with E-state index in [1.807, 2.05) is 6.07 Å². The number of likely N-dealkylation sites (N-methyl/N-ethyl adjacent to an activating group) is 1. The third-order valence-electron chi connectivity index (χ3n) is 4.24. The quantitative estimate of drug-likeness (QED) is 0.864. The SMILES string of the molecule is CN(CC1CCCCC1O)C(=O)CNC(=O)c1ccccc1. The Kier molecular flexibility index (Phi) is 5.95. The fourth-order valence-electron chi connectivity index (χ4n) is 2.84. The molecule has 0 heterocycles. The fraction of sp³-hybridized carbons (Fsp3) is 0.529. The second kappa shape index (κ2) is 7.94. The number of aliphatic hydroxyl groups excluding tert-OH is 1. The fourth-order valence-corrected chi connectivity index (χ4v) is 2.84. The first-order valence-electron chi connectivity index (χ1n) is 7.83. The average molecular weight is 304 g/mol. The molecule has 1 saturated carbocycles. The van der Waals surface area contributed by atoms with Crippen LogP contribution in [-0.2, 0) is 4.79 Å². The zero-order valence-electron chi connectivity index (χ0n) is 13.0. The standard InChI is InChI=1S/C17H24N2O3/c1-19(12-14-9-5-6-10-15(14)20)16(21)11-18-17(22)13-7-3-2-4-8-13/h2-4,7-8,14-15,20H,5-6,9-12H2,1H3,(H,18,22). The van der Waals surface area contributed by atoms with Gasteiger partial charge in [-0.1, -0.05) is 31.0 Å². The number of hydrogen-bond donors (Lipinski definition) is 2. The van der Waals surface area contributed by atoms with E-state index in [4.69, 9.17) is 0 Å². The molecule has 1 aromatic rings. The second-order valence-corrected chi connectivity index (χ2v) is 5.93. The zero-order chi connectivity index (χ0) is 15.9. The maximum absolute atomic E-state index is 12.1. The van der Waals surface area contributed by atoms with Gasteiger partial charge >= 0.3 is 0 Å². The molecule has 0 aliphatic heterocycles. The van der Waals surface area contributed by atoms with Gasteiger partial charge in [0.2, 0.25) is 5.91 Å². The predicted octanol–water partition coefficient (Wildman–Crippen LogP) is 1.43. The lowest BCUT2D eigenvalue weighted by Gasteiger charge is -2.31. The Balaban J connectivity index is 1.77. The first-order chi connectivity index (χ1) is 10.6. The van der Waals surface area contributed by atoms with Crippen molar-refractivity contribution in [3.8, 4) is 0 Å². The summed E-state index contributed by atoms with van der Waals surface area (Å²) >= 11 is 0. The molecule has 1 aliphatic carbocycles. The molecule has 5 nitrogen and oxygen atoms in total. The topological polar surface area (TPSA) is 69.6 Å². The summed E-state index contributed by atoms with van der Waals surface area (Å²) in [7, 11) is 1.72. The van der Waals surface area contributed by atoms with E-state index in [0.717, 1.165) is 25.7 Å². The van der Waals surface area contributed by atoms with Crippen LogP contribution in [0, 0.1) is 5.92 Å². The predicted molar refractivity (Wildman–Crippen MR) is 84.4 cm³/mol. The summed E-state index contributed by atoms with van der Waals surface area (Å²) in [6.45, 7) is 0.522. The highest BCUT2D eigenvalue weighted by Crippen LogP contribution is 2.24. The number of carbonyl (C=O) groups excluding carboxylic acids is 2. The van der Waals surface area contributed by atoms with Crippen LogP contribution in [-0.4, -0.2) is 48.1 Å². The van der Waals surface area contributed by atoms with Crippen molar-refractivity contribution in [2.45, 2.75) is 31.8 Å². The van der Waals surface area contributed by atoms with Crippen LogP contribution in [0.25, 0.3) is 0 Å². The van der Waals surface area contributed by atoms with E-state index in [0.29, 0.717) is 12.1 Å². The first kappa shape index (κ1) is 16.5. The van der Waals surface area contributed by atoms with E-state index in [9.17, 15) is 14.7 Å². The zero-order valence-corrected chi connectivity index (χ0v) is 13.0. The summed E-state index contributed by atoms with van der Waals surface area (Å²) in [6.07, 6.45) is 3.62. The molecule has 1 aliphatic rings. The van der Waals surface area contributed by atoms with Crippen LogP contribution in [0.5, 0.6) is 0 Å². The monoisotopic (exact) mass is 304 g/mol. The van der Waals surface area contributed by atoms with Gasteiger partial charge in [0, 0.05) is 25.1 Å². The van der Waals surface area contributed by atoms with Gasteiger partial charge in [0.05, 0.1) is 12.6 Å². The van der Waals surface area contributed by atoms with Gasteiger partial charge in [-0.15, -0.1) is 0 Å². The maximum Gasteiger partial charge on any atom is 0.251 e. The van der Waals surface area contributed by atoms with Gasteiger partial charge in [-0.25, -0.2) is 0 Å². The number of benzene rings is 1. The van der Waals surface area contributed by atoms with Gasteiger partial charge in [-0.3, -0.25) is 9.59 Å². The van der Waals surface area contributed by atoms with E-state index in [2.05, 4.69) is 5.32 Å². The normalized spacial score (nSPS) is 21.2. The maximum atomic E-state index is 12.1. The van der Waals surface area contributed by atoms with Gasteiger partial charge in [-0.2, -0.15) is 0 Å². The molecule has 0 radical (unpaired) electrons. The van der Waals surface area contributed by atoms with Crippen molar-refractivity contribution in [3.63, 3.8) is 0 Å². The molecule has 0 spiro atoms. The Bertz CT molecular complexity index is 504. The van der Waals surface area contributed by atoms with Gasteiger partial charge in [-0.05, 0) is 25.0 Å². The van der Waals surface area contributed by atoms with Crippen molar-refractivity contribution >= 4 is 11.8 Å². The van der Waals surface area contributed by atoms with Gasteiger partial charge < -0.3 is 15.3 Å². The number of nitrogens with zero attached hydrogens (tertiary/aromatic N) is 1. The summed E-state index contributed by atoms with van der Waals surface area (Å²) in [4.78, 5) is 25.6. The molecule has 0 saturated heterocycles. The van der Waals surface area contributed by atoms with Crippen LogP contribution in [0.3, 0.4) is 0 Å². The molecule has 2 unspecified atom stereocenters. The summed E-state index contributed by atoms with van der Waals surface area (Å²) < 4.78 is 0. The van der Waals surface area contributed by atoms with Crippen molar-refractivity contribution < 1.29 is 14.7 Å². The molecule has 22 heavy (non-hydrogen) atoms. The van der Waals surface area contributed by atoms with Crippen molar-refractivity contribution in [2.75, 3.05) is 20.1 Å². The number of hydrogen-bond acceptors (Lipinski definition) is 3. The Labute approximate surface area is 131 Å². The molecule has 2 amide bonds. The number of amides is 2. The van der Waals surface area contributed by atoms with Crippen molar-refractivity contribution in [2.24, 2.45) is 5.92 Å². The van der Waals surface area contributed by atoms with E-state index in [-0.39, 0.29) is 30.4 Å². The molecule has 1 fully saturated rings. The molecular formula is C17H24N2O3. The second-order valence-electron chi connectivity index (χ2n) is 5.93. The van der Waals surface area contributed by atoms with E-state index in [1.54, 1.807) is 36.2 Å². The molecule has 1 aromatic carbocycles. The van der Waals surface area contributed by atoms with Gasteiger partial charge in [0.15, 0.2) is 0 Å². The highest BCUT2D eigenvalue weighted by atomic mass is 16.3. The van der Waals surface area contributed by atoms with Crippen LogP contribution < -0.4 is 5.32 Å². The Hall–Kier alpha value is -1.88. The number of rotatable bonds is 5. The van der Waals surface area contributed by atoms with Crippen molar-refractivity contribution in [1.82, 2.24) is 10.2 Å². The highest BCUT2D eigenvalue weighted by Gasteiger charge is 2.25. The highest BCUT2D eigenvalue weighted by molar-refractivity contribution is 5.96. The smallest absolute Gasteiger partial charge is 0.251 e. The third-order valence-corrected chi connectivity index (χ3v) is 4.24. The number of nitrogens with one attached hydrogen (secondary N) is 1. The molecule has 0 aromatic heterocycles. The van der Waals surface area contributed by atoms with E-state index >= 15 is 0 Å².